The SMILES string of the molecule is CN1CCN(CC(O)COc2ccccc2C(C)(C)C)CC1. The number of hydrogen-bond donors (Lipinski definition) is 1. The molecule has 0 aliphatic carbocycles. The molecule has 1 atom stereocenters. The van der Waals surface area contributed by atoms with E-state index in [-0.39, 0.29) is 5.41 Å². The van der Waals surface area contributed by atoms with Gasteiger partial charge in [0, 0.05) is 32.7 Å². The molecule has 1 aromatic carbocycles. The first-order valence-electron chi connectivity index (χ1n) is 8.17. The van der Waals surface area contributed by atoms with Gasteiger partial charge in [-0.25, -0.2) is 0 Å². The van der Waals surface area contributed by atoms with Gasteiger partial charge >= 0.3 is 0 Å². The third-order valence-electron chi connectivity index (χ3n) is 4.19. The van der Waals surface area contributed by atoms with E-state index in [4.69, 9.17) is 4.74 Å². The smallest absolute Gasteiger partial charge is 0.123 e. The van der Waals surface area contributed by atoms with Crippen LogP contribution in [-0.2, 0) is 5.41 Å². The Morgan fingerprint density at radius 2 is 1.77 bits per heavy atom. The van der Waals surface area contributed by atoms with Gasteiger partial charge in [0.05, 0.1) is 0 Å². The van der Waals surface area contributed by atoms with Crippen LogP contribution in [-0.4, -0.2) is 67.4 Å². The van der Waals surface area contributed by atoms with E-state index in [0.717, 1.165) is 31.9 Å². The minimum atomic E-state index is -0.448. The Bertz CT molecular complexity index is 462. The summed E-state index contributed by atoms with van der Waals surface area (Å²) < 4.78 is 5.90. The quantitative estimate of drug-likeness (QED) is 0.902. The highest BCUT2D eigenvalue weighted by molar-refractivity contribution is 5.38. The number of benzene rings is 1. The largest absolute Gasteiger partial charge is 0.491 e. The topological polar surface area (TPSA) is 35.9 Å². The maximum Gasteiger partial charge on any atom is 0.123 e. The highest BCUT2D eigenvalue weighted by Crippen LogP contribution is 2.30. The molecule has 1 aliphatic heterocycles. The lowest BCUT2D eigenvalue weighted by Crippen LogP contribution is -2.47. The Morgan fingerprint density at radius 3 is 2.41 bits per heavy atom. The van der Waals surface area contributed by atoms with Gasteiger partial charge in [0.1, 0.15) is 18.5 Å². The standard InChI is InChI=1S/C18H30N2O2/c1-18(2,3)16-7-5-6-8-17(16)22-14-15(21)13-20-11-9-19(4)10-12-20/h5-8,15,21H,9-14H2,1-4H3. The van der Waals surface area contributed by atoms with E-state index in [0.29, 0.717) is 13.2 Å². The van der Waals surface area contributed by atoms with Crippen LogP contribution in [0.5, 0.6) is 5.75 Å². The molecule has 1 saturated heterocycles. The third-order valence-corrected chi connectivity index (χ3v) is 4.19. The lowest BCUT2D eigenvalue weighted by Gasteiger charge is -2.33. The second-order valence-electron chi connectivity index (χ2n) is 7.31. The van der Waals surface area contributed by atoms with E-state index in [1.807, 2.05) is 18.2 Å². The molecule has 1 heterocycles. The van der Waals surface area contributed by atoms with Crippen molar-refractivity contribution in [1.82, 2.24) is 9.80 Å². The van der Waals surface area contributed by atoms with Gasteiger partial charge in [-0.05, 0) is 24.1 Å². The van der Waals surface area contributed by atoms with Gasteiger partial charge in [-0.1, -0.05) is 39.0 Å². The Balaban J connectivity index is 1.85. The van der Waals surface area contributed by atoms with Crippen LogP contribution in [0.2, 0.25) is 0 Å². The first kappa shape index (κ1) is 17.3. The van der Waals surface area contributed by atoms with Gasteiger partial charge in [0.15, 0.2) is 0 Å². The predicted molar refractivity (Wildman–Crippen MR) is 90.6 cm³/mol. The highest BCUT2D eigenvalue weighted by Gasteiger charge is 2.20. The maximum atomic E-state index is 10.2. The van der Waals surface area contributed by atoms with Gasteiger partial charge in [-0.3, -0.25) is 4.90 Å². The summed E-state index contributed by atoms with van der Waals surface area (Å²) in [6.45, 7) is 11.7. The molecule has 0 amide bonds. The molecule has 1 unspecified atom stereocenters. The molecule has 4 nitrogen and oxygen atoms in total. The second-order valence-corrected chi connectivity index (χ2v) is 7.31. The Morgan fingerprint density at radius 1 is 1.14 bits per heavy atom. The van der Waals surface area contributed by atoms with Gasteiger partial charge in [0.25, 0.3) is 0 Å². The molecule has 1 N–H and O–H groups in total. The minimum absolute atomic E-state index is 0.0407. The molecule has 4 heteroatoms. The van der Waals surface area contributed by atoms with Crippen molar-refractivity contribution in [2.45, 2.75) is 32.3 Å². The molecule has 1 fully saturated rings. The highest BCUT2D eigenvalue weighted by atomic mass is 16.5. The molecular formula is C18H30N2O2. The van der Waals surface area contributed by atoms with Gasteiger partial charge < -0.3 is 14.7 Å². The summed E-state index contributed by atoms with van der Waals surface area (Å²) in [7, 11) is 2.14. The zero-order valence-electron chi connectivity index (χ0n) is 14.4. The number of nitrogens with zero attached hydrogens (tertiary/aromatic N) is 2. The van der Waals surface area contributed by atoms with E-state index in [9.17, 15) is 5.11 Å². The van der Waals surface area contributed by atoms with Crippen LogP contribution in [0.4, 0.5) is 0 Å². The first-order chi connectivity index (χ1) is 10.4. The molecule has 0 bridgehead atoms. The van der Waals surface area contributed by atoms with Crippen molar-refractivity contribution in [3.8, 4) is 5.75 Å². The van der Waals surface area contributed by atoms with Crippen molar-refractivity contribution in [2.75, 3.05) is 46.4 Å². The average Bonchev–Trinajstić information content (AvgIpc) is 2.47. The number of likely N-dealkylation sites (N-methyl/N-ethyl adjacent to an activating group) is 1. The molecule has 0 aromatic heterocycles. The average molecular weight is 306 g/mol. The number of ether oxygens (including phenoxy) is 1. The fraction of sp³-hybridized carbons (Fsp3) is 0.667. The van der Waals surface area contributed by atoms with Gasteiger partial charge in [0.2, 0.25) is 0 Å². The zero-order valence-corrected chi connectivity index (χ0v) is 14.4. The van der Waals surface area contributed by atoms with E-state index >= 15 is 0 Å². The Hall–Kier alpha value is -1.10. The van der Waals surface area contributed by atoms with Crippen molar-refractivity contribution in [3.05, 3.63) is 29.8 Å². The van der Waals surface area contributed by atoms with Crippen LogP contribution in [0, 0.1) is 0 Å². The fourth-order valence-corrected chi connectivity index (χ4v) is 2.78. The van der Waals surface area contributed by atoms with Crippen molar-refractivity contribution in [3.63, 3.8) is 0 Å². The Labute approximate surface area is 134 Å². The molecule has 124 valence electrons. The van der Waals surface area contributed by atoms with E-state index < -0.39 is 6.10 Å². The Kier molecular flexibility index (Phi) is 5.84. The number of β-amino-alcohol motifs (C(OH)–C–C–N with tert-alkyl or cyclic N) is 1. The predicted octanol–water partition coefficient (Wildman–Crippen LogP) is 1.97. The van der Waals surface area contributed by atoms with Crippen molar-refractivity contribution >= 4 is 0 Å². The summed E-state index contributed by atoms with van der Waals surface area (Å²) in [5, 5.41) is 10.2. The molecule has 22 heavy (non-hydrogen) atoms. The molecule has 1 aromatic rings. The summed E-state index contributed by atoms with van der Waals surface area (Å²) >= 11 is 0. The van der Waals surface area contributed by atoms with Crippen LogP contribution < -0.4 is 4.74 Å². The van der Waals surface area contributed by atoms with Crippen molar-refractivity contribution in [1.29, 1.82) is 0 Å². The number of rotatable bonds is 5. The van der Waals surface area contributed by atoms with E-state index in [1.165, 1.54) is 5.56 Å². The molecular weight excluding hydrogens is 276 g/mol. The molecule has 1 aliphatic rings. The van der Waals surface area contributed by atoms with Crippen LogP contribution in [0.25, 0.3) is 0 Å². The molecule has 0 radical (unpaired) electrons. The van der Waals surface area contributed by atoms with Gasteiger partial charge in [-0.2, -0.15) is 0 Å². The zero-order chi connectivity index (χ0) is 16.2. The number of aliphatic hydroxyl groups is 1. The first-order valence-corrected chi connectivity index (χ1v) is 8.17. The van der Waals surface area contributed by atoms with Crippen LogP contribution in [0.15, 0.2) is 24.3 Å². The lowest BCUT2D eigenvalue weighted by molar-refractivity contribution is 0.0500. The van der Waals surface area contributed by atoms with Crippen LogP contribution in [0.1, 0.15) is 26.3 Å². The number of piperazine rings is 1. The normalized spacial score (nSPS) is 19.1. The summed E-state index contributed by atoms with van der Waals surface area (Å²) in [5.74, 6) is 0.882. The maximum absolute atomic E-state index is 10.2. The summed E-state index contributed by atoms with van der Waals surface area (Å²) in [4.78, 5) is 4.63. The fourth-order valence-electron chi connectivity index (χ4n) is 2.78. The van der Waals surface area contributed by atoms with Crippen LogP contribution in [0.3, 0.4) is 0 Å². The summed E-state index contributed by atoms with van der Waals surface area (Å²) in [6, 6.07) is 8.11. The molecule has 0 spiro atoms. The van der Waals surface area contributed by atoms with Gasteiger partial charge in [-0.15, -0.1) is 0 Å². The van der Waals surface area contributed by atoms with Crippen molar-refractivity contribution in [2.24, 2.45) is 0 Å². The van der Waals surface area contributed by atoms with E-state index in [2.05, 4.69) is 43.7 Å². The summed E-state index contributed by atoms with van der Waals surface area (Å²) in [6.07, 6.45) is -0.448. The molecule has 2 rings (SSSR count). The van der Waals surface area contributed by atoms with Crippen LogP contribution >= 0.6 is 0 Å². The second kappa shape index (κ2) is 7.44. The number of para-hydroxylation sites is 1. The minimum Gasteiger partial charge on any atom is -0.491 e. The van der Waals surface area contributed by atoms with E-state index in [1.54, 1.807) is 0 Å². The molecule has 0 saturated carbocycles. The lowest BCUT2D eigenvalue weighted by atomic mass is 9.86. The van der Waals surface area contributed by atoms with Crippen molar-refractivity contribution < 1.29 is 9.84 Å². The third kappa shape index (κ3) is 4.97. The number of aliphatic hydroxyl groups excluding tert-OH is 1. The number of hydrogen-bond acceptors (Lipinski definition) is 4. The monoisotopic (exact) mass is 306 g/mol. The summed E-state index contributed by atoms with van der Waals surface area (Å²) in [5.41, 5.74) is 1.22.